The molecule has 22 heavy (non-hydrogen) atoms. The molecule has 4 nitrogen and oxygen atoms in total. The van der Waals surface area contributed by atoms with Crippen LogP contribution in [0.25, 0.3) is 0 Å². The molecule has 0 heterocycles. The predicted molar refractivity (Wildman–Crippen MR) is 80.4 cm³/mol. The molecule has 0 fully saturated rings. The number of carbonyl (C=O) groups is 2. The molecule has 0 saturated carbocycles. The van der Waals surface area contributed by atoms with Crippen LogP contribution in [0.1, 0.15) is 62.2 Å². The molecule has 0 spiro atoms. The number of esters is 1. The highest BCUT2D eigenvalue weighted by molar-refractivity contribution is 6.00. The molecule has 1 aromatic rings. The van der Waals surface area contributed by atoms with Gasteiger partial charge in [-0.05, 0) is 60.8 Å². The minimum atomic E-state index is -0.857. The molecule has 3 aliphatic carbocycles. The number of rotatable bonds is 3. The molecule has 0 amide bonds. The Bertz CT molecular complexity index is 681. The van der Waals surface area contributed by atoms with E-state index in [9.17, 15) is 14.7 Å². The van der Waals surface area contributed by atoms with Crippen LogP contribution in [0.15, 0.2) is 12.2 Å². The summed E-state index contributed by atoms with van der Waals surface area (Å²) in [6.07, 6.45) is 9.85. The molecule has 4 heteroatoms. The Kier molecular flexibility index (Phi) is 3.06. The van der Waals surface area contributed by atoms with E-state index in [4.69, 9.17) is 4.74 Å². The van der Waals surface area contributed by atoms with Gasteiger partial charge >= 0.3 is 11.9 Å². The fourth-order valence-corrected chi connectivity index (χ4v) is 3.81. The smallest absolute Gasteiger partial charge is 0.338 e. The van der Waals surface area contributed by atoms with Crippen molar-refractivity contribution in [1.82, 2.24) is 0 Å². The minimum Gasteiger partial charge on any atom is -0.478 e. The van der Waals surface area contributed by atoms with Crippen molar-refractivity contribution in [3.05, 3.63) is 45.5 Å². The molecule has 1 atom stereocenters. The maximum absolute atomic E-state index is 12.6. The third-order valence-electron chi connectivity index (χ3n) is 5.10. The summed E-state index contributed by atoms with van der Waals surface area (Å²) in [5.41, 5.74) is 4.71. The monoisotopic (exact) mass is 298 g/mol. The van der Waals surface area contributed by atoms with Crippen LogP contribution in [-0.2, 0) is 30.4 Å². The summed E-state index contributed by atoms with van der Waals surface area (Å²) in [5.74, 6) is -1.10. The summed E-state index contributed by atoms with van der Waals surface area (Å²) in [6.45, 7) is 0. The van der Waals surface area contributed by atoms with Gasteiger partial charge in [0.25, 0.3) is 0 Å². The first-order valence-corrected chi connectivity index (χ1v) is 7.95. The van der Waals surface area contributed by atoms with E-state index in [-0.39, 0.29) is 12.1 Å². The van der Waals surface area contributed by atoms with Crippen LogP contribution < -0.4 is 0 Å². The molecule has 0 aliphatic heterocycles. The molecule has 0 radical (unpaired) electrons. The number of hydrogen-bond acceptors (Lipinski definition) is 3. The summed E-state index contributed by atoms with van der Waals surface area (Å²) >= 11 is 0. The Labute approximate surface area is 128 Å². The van der Waals surface area contributed by atoms with Crippen LogP contribution in [0.3, 0.4) is 0 Å². The van der Waals surface area contributed by atoms with Crippen LogP contribution >= 0.6 is 0 Å². The molecule has 4 rings (SSSR count). The Morgan fingerprint density at radius 1 is 0.955 bits per heavy atom. The van der Waals surface area contributed by atoms with Crippen molar-refractivity contribution in [3.8, 4) is 0 Å². The van der Waals surface area contributed by atoms with E-state index < -0.39 is 5.97 Å². The molecule has 0 aromatic heterocycles. The van der Waals surface area contributed by atoms with E-state index in [1.165, 1.54) is 0 Å². The van der Waals surface area contributed by atoms with Crippen molar-refractivity contribution in [1.29, 1.82) is 0 Å². The molecular weight excluding hydrogens is 280 g/mol. The Balaban J connectivity index is 1.70. The number of aromatic carboxylic acids is 1. The number of benzene rings is 1. The fraction of sp³-hybridized carbons (Fsp3) is 0.444. The van der Waals surface area contributed by atoms with Crippen molar-refractivity contribution in [2.24, 2.45) is 0 Å². The molecule has 1 unspecified atom stereocenters. The van der Waals surface area contributed by atoms with Crippen LogP contribution in [0.4, 0.5) is 0 Å². The zero-order chi connectivity index (χ0) is 15.3. The van der Waals surface area contributed by atoms with Gasteiger partial charge in [0.15, 0.2) is 0 Å². The van der Waals surface area contributed by atoms with E-state index in [0.29, 0.717) is 11.1 Å². The average Bonchev–Trinajstić information content (AvgIpc) is 2.43. The first-order chi connectivity index (χ1) is 10.7. The Hall–Kier alpha value is -2.10. The number of fused-ring (bicyclic) bond motifs is 2. The Morgan fingerprint density at radius 3 is 2.00 bits per heavy atom. The van der Waals surface area contributed by atoms with Gasteiger partial charge in [-0.15, -0.1) is 0 Å². The van der Waals surface area contributed by atoms with Crippen LogP contribution in [-0.4, -0.2) is 23.1 Å². The van der Waals surface area contributed by atoms with Gasteiger partial charge < -0.3 is 9.84 Å². The molecule has 0 saturated heterocycles. The first-order valence-electron chi connectivity index (χ1n) is 7.95. The summed E-state index contributed by atoms with van der Waals surface area (Å²) in [5, 5.41) is 9.43. The molecular formula is C18H18O4. The predicted octanol–water partition coefficient (Wildman–Crippen LogP) is 2.85. The second-order valence-electron chi connectivity index (χ2n) is 6.28. The number of carboxylic acids is 1. The van der Waals surface area contributed by atoms with E-state index in [1.807, 2.05) is 0 Å². The van der Waals surface area contributed by atoms with E-state index in [2.05, 4.69) is 12.2 Å². The van der Waals surface area contributed by atoms with Gasteiger partial charge in [-0.2, -0.15) is 0 Å². The highest BCUT2D eigenvalue weighted by Gasteiger charge is 2.37. The lowest BCUT2D eigenvalue weighted by atomic mass is 9.70. The Morgan fingerprint density at radius 2 is 1.55 bits per heavy atom. The van der Waals surface area contributed by atoms with Crippen molar-refractivity contribution in [2.45, 2.75) is 51.0 Å². The van der Waals surface area contributed by atoms with E-state index in [1.54, 1.807) is 0 Å². The van der Waals surface area contributed by atoms with Crippen molar-refractivity contribution >= 4 is 11.9 Å². The SMILES string of the molecule is O=C(O)c1c2c(c(C(=O)OC3CC=CCC3)c3c1CC3)CC2. The topological polar surface area (TPSA) is 63.6 Å². The largest absolute Gasteiger partial charge is 0.478 e. The van der Waals surface area contributed by atoms with E-state index >= 15 is 0 Å². The van der Waals surface area contributed by atoms with Gasteiger partial charge in [-0.3, -0.25) is 0 Å². The summed E-state index contributed by atoms with van der Waals surface area (Å²) in [6, 6.07) is 0. The second kappa shape index (κ2) is 4.97. The standard InChI is InChI=1S/C18H18O4/c19-17(20)15-11-6-8-13(11)16(14-9-7-12(14)15)18(21)22-10-4-2-1-3-5-10/h1-2,10H,3-9H2,(H,19,20). The molecule has 114 valence electrons. The van der Waals surface area contributed by atoms with Gasteiger partial charge in [-0.1, -0.05) is 12.2 Å². The molecule has 1 N–H and O–H groups in total. The quantitative estimate of drug-likeness (QED) is 0.688. The lowest BCUT2D eigenvalue weighted by Crippen LogP contribution is -2.31. The molecule has 3 aliphatic rings. The van der Waals surface area contributed by atoms with Crippen molar-refractivity contribution in [2.75, 3.05) is 0 Å². The van der Waals surface area contributed by atoms with E-state index in [0.717, 1.165) is 67.2 Å². The third-order valence-corrected chi connectivity index (χ3v) is 5.10. The number of ether oxygens (including phenoxy) is 1. The minimum absolute atomic E-state index is 0.0388. The number of hydrogen-bond donors (Lipinski definition) is 1. The zero-order valence-corrected chi connectivity index (χ0v) is 12.4. The van der Waals surface area contributed by atoms with Gasteiger partial charge in [0.1, 0.15) is 6.10 Å². The second-order valence-corrected chi connectivity index (χ2v) is 6.28. The van der Waals surface area contributed by atoms with Crippen LogP contribution in [0.5, 0.6) is 0 Å². The lowest BCUT2D eigenvalue weighted by molar-refractivity contribution is 0.0277. The van der Waals surface area contributed by atoms with Crippen molar-refractivity contribution in [3.63, 3.8) is 0 Å². The lowest BCUT2D eigenvalue weighted by Gasteiger charge is -2.34. The zero-order valence-electron chi connectivity index (χ0n) is 12.4. The van der Waals surface area contributed by atoms with Gasteiger partial charge in [0.05, 0.1) is 11.1 Å². The number of allylic oxidation sites excluding steroid dienone is 1. The van der Waals surface area contributed by atoms with Crippen LogP contribution in [0.2, 0.25) is 0 Å². The summed E-state index contributed by atoms with van der Waals surface area (Å²) in [4.78, 5) is 24.1. The average molecular weight is 298 g/mol. The molecule has 1 aromatic carbocycles. The highest BCUT2D eigenvalue weighted by atomic mass is 16.5. The highest BCUT2D eigenvalue weighted by Crippen LogP contribution is 2.41. The van der Waals surface area contributed by atoms with Crippen molar-refractivity contribution < 1.29 is 19.4 Å². The summed E-state index contributed by atoms with van der Waals surface area (Å²) in [7, 11) is 0. The van der Waals surface area contributed by atoms with Gasteiger partial charge in [0, 0.05) is 6.42 Å². The van der Waals surface area contributed by atoms with Gasteiger partial charge in [-0.25, -0.2) is 9.59 Å². The fourth-order valence-electron chi connectivity index (χ4n) is 3.81. The molecule has 0 bridgehead atoms. The normalized spacial score (nSPS) is 21.2. The number of carboxylic acid groups (broad SMARTS) is 1. The maximum atomic E-state index is 12.6. The van der Waals surface area contributed by atoms with Gasteiger partial charge in [0.2, 0.25) is 0 Å². The van der Waals surface area contributed by atoms with Crippen LogP contribution in [0, 0.1) is 0 Å². The first kappa shape index (κ1) is 13.6. The number of carbonyl (C=O) groups excluding carboxylic acids is 1. The third kappa shape index (κ3) is 1.90. The summed E-state index contributed by atoms with van der Waals surface area (Å²) < 4.78 is 5.68. The maximum Gasteiger partial charge on any atom is 0.338 e.